The summed E-state index contributed by atoms with van der Waals surface area (Å²) in [6.45, 7) is 0. The molecule has 0 spiro atoms. The van der Waals surface area contributed by atoms with Gasteiger partial charge in [0, 0.05) is 17.3 Å². The molecule has 0 saturated heterocycles. The molecule has 1 amide bonds. The summed E-state index contributed by atoms with van der Waals surface area (Å²) < 4.78 is 29.4. The molecule has 0 atom stereocenters. The average Bonchev–Trinajstić information content (AvgIpc) is 3.23. The Hall–Kier alpha value is -4.27. The predicted octanol–water partition coefficient (Wildman–Crippen LogP) is 4.14. The van der Waals surface area contributed by atoms with Gasteiger partial charge in [-0.05, 0) is 48.5 Å². The number of methoxy groups -OCH3 is 2. The van der Waals surface area contributed by atoms with Gasteiger partial charge in [-0.25, -0.2) is 14.4 Å². The molecule has 162 valence electrons. The normalized spacial score (nSPS) is 10.6. The third kappa shape index (κ3) is 4.41. The minimum Gasteiger partial charge on any atom is -0.497 e. The summed E-state index contributed by atoms with van der Waals surface area (Å²) in [6.07, 6.45) is 2.95. The Bertz CT molecular complexity index is 1230. The van der Waals surface area contributed by atoms with Crippen LogP contribution in [0.4, 0.5) is 10.3 Å². The highest BCUT2D eigenvalue weighted by Gasteiger charge is 2.23. The zero-order chi connectivity index (χ0) is 22.5. The molecular formula is C23H19FN4O4. The number of rotatable bonds is 7. The standard InChI is InChI=1S/C23H19FN4O4/c1-30-17-7-8-19(31-2)15(11-17)12-20(29)27-23-21(18-9-10-25-13-26-18)22(28-32-23)14-3-5-16(24)6-4-14/h3-11,13H,12H2,1-2H3,(H,27,29). The lowest BCUT2D eigenvalue weighted by atomic mass is 10.0. The molecule has 9 heteroatoms. The number of hydrogen-bond acceptors (Lipinski definition) is 7. The molecule has 0 fully saturated rings. The largest absolute Gasteiger partial charge is 0.497 e. The number of nitrogens with one attached hydrogen (secondary N) is 1. The van der Waals surface area contributed by atoms with Crippen molar-refractivity contribution in [2.24, 2.45) is 0 Å². The van der Waals surface area contributed by atoms with Crippen molar-refractivity contribution < 1.29 is 23.2 Å². The van der Waals surface area contributed by atoms with Crippen molar-refractivity contribution in [3.8, 4) is 34.0 Å². The highest BCUT2D eigenvalue weighted by Crippen LogP contribution is 2.37. The summed E-state index contributed by atoms with van der Waals surface area (Å²) in [6, 6.07) is 12.7. The third-order valence-corrected chi connectivity index (χ3v) is 4.74. The molecule has 32 heavy (non-hydrogen) atoms. The van der Waals surface area contributed by atoms with Crippen molar-refractivity contribution in [1.82, 2.24) is 15.1 Å². The van der Waals surface area contributed by atoms with Gasteiger partial charge in [-0.2, -0.15) is 0 Å². The van der Waals surface area contributed by atoms with Gasteiger partial charge in [0.05, 0.1) is 31.9 Å². The van der Waals surface area contributed by atoms with E-state index in [-0.39, 0.29) is 24.0 Å². The topological polar surface area (TPSA) is 99.4 Å². The van der Waals surface area contributed by atoms with Crippen LogP contribution in [0, 0.1) is 5.82 Å². The average molecular weight is 434 g/mol. The maximum atomic E-state index is 13.4. The number of anilines is 1. The number of carbonyl (C=O) groups is 1. The van der Waals surface area contributed by atoms with Crippen molar-refractivity contribution in [2.45, 2.75) is 6.42 Å². The highest BCUT2D eigenvalue weighted by atomic mass is 19.1. The van der Waals surface area contributed by atoms with Crippen LogP contribution in [0.1, 0.15) is 5.56 Å². The Kier molecular flexibility index (Phi) is 6.07. The Balaban J connectivity index is 1.67. The maximum absolute atomic E-state index is 13.4. The van der Waals surface area contributed by atoms with E-state index in [1.54, 1.807) is 49.7 Å². The minimum atomic E-state index is -0.374. The Morgan fingerprint density at radius 2 is 1.91 bits per heavy atom. The molecule has 0 saturated carbocycles. The molecule has 0 unspecified atom stereocenters. The molecule has 2 aromatic carbocycles. The summed E-state index contributed by atoms with van der Waals surface area (Å²) in [5.41, 5.74) is 2.63. The fourth-order valence-electron chi connectivity index (χ4n) is 3.22. The van der Waals surface area contributed by atoms with Crippen LogP contribution in [0.25, 0.3) is 22.5 Å². The van der Waals surface area contributed by atoms with Gasteiger partial charge in [-0.3, -0.25) is 10.1 Å². The number of benzene rings is 2. The van der Waals surface area contributed by atoms with E-state index in [1.807, 2.05) is 0 Å². The van der Waals surface area contributed by atoms with Crippen LogP contribution in [0.3, 0.4) is 0 Å². The fourth-order valence-corrected chi connectivity index (χ4v) is 3.22. The predicted molar refractivity (Wildman–Crippen MR) is 115 cm³/mol. The zero-order valence-corrected chi connectivity index (χ0v) is 17.3. The van der Waals surface area contributed by atoms with Crippen molar-refractivity contribution >= 4 is 11.8 Å². The number of hydrogen-bond donors (Lipinski definition) is 1. The summed E-state index contributed by atoms with van der Waals surface area (Å²) in [5, 5.41) is 6.85. The van der Waals surface area contributed by atoms with Crippen LogP contribution in [0.2, 0.25) is 0 Å². The Morgan fingerprint density at radius 3 is 2.59 bits per heavy atom. The van der Waals surface area contributed by atoms with Crippen LogP contribution < -0.4 is 14.8 Å². The van der Waals surface area contributed by atoms with Gasteiger partial charge in [0.1, 0.15) is 29.3 Å². The first-order valence-electron chi connectivity index (χ1n) is 9.61. The molecule has 8 nitrogen and oxygen atoms in total. The molecule has 4 aromatic rings. The van der Waals surface area contributed by atoms with Crippen LogP contribution in [0.5, 0.6) is 11.5 Å². The summed E-state index contributed by atoms with van der Waals surface area (Å²) in [7, 11) is 3.08. The Labute approximate surface area is 183 Å². The van der Waals surface area contributed by atoms with Crippen LogP contribution in [-0.2, 0) is 11.2 Å². The molecule has 0 aliphatic heterocycles. The van der Waals surface area contributed by atoms with E-state index in [9.17, 15) is 9.18 Å². The second-order valence-electron chi connectivity index (χ2n) is 6.74. The smallest absolute Gasteiger partial charge is 0.241 e. The van der Waals surface area contributed by atoms with E-state index in [0.717, 1.165) is 0 Å². The monoisotopic (exact) mass is 434 g/mol. The molecular weight excluding hydrogens is 415 g/mol. The van der Waals surface area contributed by atoms with E-state index in [0.29, 0.717) is 39.6 Å². The lowest BCUT2D eigenvalue weighted by Gasteiger charge is -2.10. The lowest BCUT2D eigenvalue weighted by molar-refractivity contribution is -0.115. The van der Waals surface area contributed by atoms with E-state index in [4.69, 9.17) is 14.0 Å². The summed E-state index contributed by atoms with van der Waals surface area (Å²) >= 11 is 0. The highest BCUT2D eigenvalue weighted by molar-refractivity contribution is 5.97. The molecule has 2 heterocycles. The van der Waals surface area contributed by atoms with Crippen LogP contribution in [-0.4, -0.2) is 35.3 Å². The van der Waals surface area contributed by atoms with Crippen molar-refractivity contribution in [3.63, 3.8) is 0 Å². The molecule has 0 aliphatic carbocycles. The quantitative estimate of drug-likeness (QED) is 0.467. The van der Waals surface area contributed by atoms with Gasteiger partial charge in [-0.15, -0.1) is 0 Å². The SMILES string of the molecule is COc1ccc(OC)c(CC(=O)Nc2onc(-c3ccc(F)cc3)c2-c2ccncn2)c1. The van der Waals surface area contributed by atoms with Crippen molar-refractivity contribution in [2.75, 3.05) is 19.5 Å². The Morgan fingerprint density at radius 1 is 1.09 bits per heavy atom. The maximum Gasteiger partial charge on any atom is 0.241 e. The van der Waals surface area contributed by atoms with Gasteiger partial charge >= 0.3 is 0 Å². The number of nitrogens with zero attached hydrogens (tertiary/aromatic N) is 3. The van der Waals surface area contributed by atoms with E-state index in [2.05, 4.69) is 20.4 Å². The molecule has 0 radical (unpaired) electrons. The number of carbonyl (C=O) groups excluding carboxylic acids is 1. The van der Waals surface area contributed by atoms with Crippen LogP contribution in [0.15, 0.2) is 65.6 Å². The van der Waals surface area contributed by atoms with Gasteiger partial charge in [0.15, 0.2) is 0 Å². The van der Waals surface area contributed by atoms with E-state index >= 15 is 0 Å². The van der Waals surface area contributed by atoms with Gasteiger partial charge in [-0.1, -0.05) is 5.16 Å². The number of aromatic nitrogens is 3. The van der Waals surface area contributed by atoms with Gasteiger partial charge < -0.3 is 14.0 Å². The van der Waals surface area contributed by atoms with Crippen molar-refractivity contribution in [1.29, 1.82) is 0 Å². The minimum absolute atomic E-state index is 0.0101. The lowest BCUT2D eigenvalue weighted by Crippen LogP contribution is -2.15. The number of ether oxygens (including phenoxy) is 2. The number of amides is 1. The molecule has 2 aromatic heterocycles. The molecule has 0 bridgehead atoms. The van der Waals surface area contributed by atoms with Crippen molar-refractivity contribution in [3.05, 3.63) is 72.4 Å². The fraction of sp³-hybridized carbons (Fsp3) is 0.130. The second-order valence-corrected chi connectivity index (χ2v) is 6.74. The first kappa shape index (κ1) is 21.0. The van der Waals surface area contributed by atoms with Gasteiger partial charge in [0.25, 0.3) is 0 Å². The van der Waals surface area contributed by atoms with E-state index in [1.165, 1.54) is 25.6 Å². The second kappa shape index (κ2) is 9.25. The summed E-state index contributed by atoms with van der Waals surface area (Å²) in [5.74, 6) is 0.556. The van der Waals surface area contributed by atoms with Gasteiger partial charge in [0.2, 0.25) is 11.8 Å². The van der Waals surface area contributed by atoms with E-state index < -0.39 is 0 Å². The zero-order valence-electron chi connectivity index (χ0n) is 17.3. The first-order chi connectivity index (χ1) is 15.6. The van der Waals surface area contributed by atoms with Crippen LogP contribution >= 0.6 is 0 Å². The molecule has 1 N–H and O–H groups in total. The third-order valence-electron chi connectivity index (χ3n) is 4.74. The first-order valence-corrected chi connectivity index (χ1v) is 9.61. The molecule has 4 rings (SSSR count). The summed E-state index contributed by atoms with van der Waals surface area (Å²) in [4.78, 5) is 21.0. The number of halogens is 1. The molecule has 0 aliphatic rings.